The Labute approximate surface area is 144 Å². The van der Waals surface area contributed by atoms with Gasteiger partial charge in [-0.2, -0.15) is 0 Å². The summed E-state index contributed by atoms with van der Waals surface area (Å²) in [5.41, 5.74) is 0.986. The van der Waals surface area contributed by atoms with E-state index < -0.39 is 9.84 Å². The van der Waals surface area contributed by atoms with Crippen molar-refractivity contribution in [2.75, 3.05) is 5.75 Å². The molecule has 0 saturated heterocycles. The predicted octanol–water partition coefficient (Wildman–Crippen LogP) is 4.91. The summed E-state index contributed by atoms with van der Waals surface area (Å²) >= 11 is 3.41. The fourth-order valence-electron chi connectivity index (χ4n) is 3.36. The molecular weight excluding hydrogens is 376 g/mol. The van der Waals surface area contributed by atoms with Crippen LogP contribution in [0.1, 0.15) is 30.7 Å². The van der Waals surface area contributed by atoms with E-state index in [0.717, 1.165) is 16.5 Å². The molecule has 1 unspecified atom stereocenters. The summed E-state index contributed by atoms with van der Waals surface area (Å²) in [6.07, 6.45) is 3.20. The highest BCUT2D eigenvalue weighted by molar-refractivity contribution is 9.10. The lowest BCUT2D eigenvalue weighted by atomic mass is 9.91. The number of ether oxygens (including phenoxy) is 1. The molecule has 0 radical (unpaired) electrons. The van der Waals surface area contributed by atoms with Crippen molar-refractivity contribution in [2.45, 2.75) is 30.1 Å². The van der Waals surface area contributed by atoms with E-state index in [2.05, 4.69) is 15.9 Å². The van der Waals surface area contributed by atoms with Gasteiger partial charge in [-0.05, 0) is 67.0 Å². The lowest BCUT2D eigenvalue weighted by Gasteiger charge is -2.25. The molecule has 5 heteroatoms. The third kappa shape index (κ3) is 3.04. The van der Waals surface area contributed by atoms with Crippen molar-refractivity contribution in [3.8, 4) is 11.5 Å². The van der Waals surface area contributed by atoms with Crippen molar-refractivity contribution in [3.05, 3.63) is 52.5 Å². The summed E-state index contributed by atoms with van der Waals surface area (Å²) in [4.78, 5) is 0.466. The van der Waals surface area contributed by atoms with Crippen LogP contribution in [0.15, 0.2) is 51.8 Å². The second-order valence-corrected chi connectivity index (χ2v) is 9.30. The summed E-state index contributed by atoms with van der Waals surface area (Å²) in [5.74, 6) is 2.57. The zero-order chi connectivity index (χ0) is 16.0. The molecule has 3 nitrogen and oxygen atoms in total. The van der Waals surface area contributed by atoms with Gasteiger partial charge in [-0.25, -0.2) is 8.42 Å². The second-order valence-electron chi connectivity index (χ2n) is 6.31. The Balaban J connectivity index is 1.71. The summed E-state index contributed by atoms with van der Waals surface area (Å²) in [6, 6.07) is 13.0. The first-order chi connectivity index (χ1) is 11.0. The molecule has 1 fully saturated rings. The number of rotatable bonds is 3. The third-order valence-electron chi connectivity index (χ3n) is 4.64. The first-order valence-corrected chi connectivity index (χ1v) is 10.3. The summed E-state index contributed by atoms with van der Waals surface area (Å²) in [5, 5.41) is 0. The molecule has 0 aromatic heterocycles. The van der Waals surface area contributed by atoms with E-state index in [9.17, 15) is 8.42 Å². The Kier molecular flexibility index (Phi) is 3.73. The van der Waals surface area contributed by atoms with E-state index in [-0.39, 0.29) is 5.75 Å². The number of sulfone groups is 1. The van der Waals surface area contributed by atoms with E-state index in [4.69, 9.17) is 4.74 Å². The van der Waals surface area contributed by atoms with Gasteiger partial charge < -0.3 is 4.74 Å². The Morgan fingerprint density at radius 2 is 1.78 bits per heavy atom. The molecule has 1 atom stereocenters. The van der Waals surface area contributed by atoms with E-state index in [1.54, 1.807) is 6.07 Å². The number of hydrogen-bond acceptors (Lipinski definition) is 3. The molecule has 0 spiro atoms. The number of hydrogen-bond donors (Lipinski definition) is 0. The highest BCUT2D eigenvalue weighted by atomic mass is 79.9. The lowest BCUT2D eigenvalue weighted by Crippen LogP contribution is -2.21. The van der Waals surface area contributed by atoms with Gasteiger partial charge >= 0.3 is 0 Å². The summed E-state index contributed by atoms with van der Waals surface area (Å²) in [6.45, 7) is 0. The van der Waals surface area contributed by atoms with Crippen LogP contribution < -0.4 is 4.74 Å². The van der Waals surface area contributed by atoms with Crippen molar-refractivity contribution >= 4 is 25.8 Å². The van der Waals surface area contributed by atoms with E-state index in [1.807, 2.05) is 36.4 Å². The van der Waals surface area contributed by atoms with Crippen molar-refractivity contribution in [2.24, 2.45) is 5.92 Å². The molecule has 2 aromatic carbocycles. The Morgan fingerprint density at radius 1 is 1.00 bits per heavy atom. The molecule has 2 aliphatic rings. The fraction of sp³-hybridized carbons (Fsp3) is 0.333. The molecule has 1 aliphatic heterocycles. The molecule has 0 bridgehead atoms. The first kappa shape index (κ1) is 15.2. The van der Waals surface area contributed by atoms with Gasteiger partial charge in [-0.1, -0.05) is 28.1 Å². The SMILES string of the molecule is O=S1(=O)CCC(C2CC2)c2ccc(Oc3cccc(Br)c3)cc21. The number of halogens is 1. The second kappa shape index (κ2) is 5.64. The van der Waals surface area contributed by atoms with Crippen LogP contribution in [0, 0.1) is 5.92 Å². The topological polar surface area (TPSA) is 43.4 Å². The van der Waals surface area contributed by atoms with Crippen LogP contribution in [0.25, 0.3) is 0 Å². The van der Waals surface area contributed by atoms with Crippen LogP contribution in [0.2, 0.25) is 0 Å². The fourth-order valence-corrected chi connectivity index (χ4v) is 5.39. The van der Waals surface area contributed by atoms with Gasteiger partial charge in [0, 0.05) is 4.47 Å². The van der Waals surface area contributed by atoms with Crippen molar-refractivity contribution in [1.29, 1.82) is 0 Å². The van der Waals surface area contributed by atoms with Gasteiger partial charge in [-0.15, -0.1) is 0 Å². The van der Waals surface area contributed by atoms with E-state index >= 15 is 0 Å². The maximum absolute atomic E-state index is 12.5. The van der Waals surface area contributed by atoms with Gasteiger partial charge in [-0.3, -0.25) is 0 Å². The zero-order valence-electron chi connectivity index (χ0n) is 12.5. The zero-order valence-corrected chi connectivity index (χ0v) is 14.9. The summed E-state index contributed by atoms with van der Waals surface area (Å²) in [7, 11) is -3.19. The average molecular weight is 393 g/mol. The van der Waals surface area contributed by atoms with Gasteiger partial charge in [0.15, 0.2) is 9.84 Å². The Bertz CT molecular complexity index is 856. The minimum atomic E-state index is -3.19. The molecule has 0 amide bonds. The standard InChI is InChI=1S/C18H17BrO3S/c19-13-2-1-3-14(10-13)22-15-6-7-17-16(12-4-5-12)8-9-23(20,21)18(17)11-15/h1-3,6-7,10-12,16H,4-5,8-9H2. The van der Waals surface area contributed by atoms with Crippen LogP contribution in [0.5, 0.6) is 11.5 Å². The molecular formula is C18H17BrO3S. The van der Waals surface area contributed by atoms with Crippen molar-refractivity contribution < 1.29 is 13.2 Å². The highest BCUT2D eigenvalue weighted by Crippen LogP contribution is 2.49. The lowest BCUT2D eigenvalue weighted by molar-refractivity contribution is 0.476. The van der Waals surface area contributed by atoms with E-state index in [1.165, 1.54) is 12.8 Å². The molecule has 120 valence electrons. The molecule has 1 saturated carbocycles. The molecule has 0 N–H and O–H groups in total. The monoisotopic (exact) mass is 392 g/mol. The quantitative estimate of drug-likeness (QED) is 0.744. The largest absolute Gasteiger partial charge is 0.457 e. The molecule has 2 aromatic rings. The predicted molar refractivity (Wildman–Crippen MR) is 92.8 cm³/mol. The van der Waals surface area contributed by atoms with Gasteiger partial charge in [0.05, 0.1) is 10.6 Å². The molecule has 23 heavy (non-hydrogen) atoms. The van der Waals surface area contributed by atoms with Crippen LogP contribution in [0.3, 0.4) is 0 Å². The number of benzene rings is 2. The molecule has 4 rings (SSSR count). The number of fused-ring (bicyclic) bond motifs is 1. The van der Waals surface area contributed by atoms with Crippen molar-refractivity contribution in [1.82, 2.24) is 0 Å². The first-order valence-electron chi connectivity index (χ1n) is 7.83. The van der Waals surface area contributed by atoms with Gasteiger partial charge in [0.2, 0.25) is 0 Å². The maximum Gasteiger partial charge on any atom is 0.178 e. The van der Waals surface area contributed by atoms with Crippen LogP contribution in [-0.4, -0.2) is 14.2 Å². The summed E-state index contributed by atoms with van der Waals surface area (Å²) < 4.78 is 31.7. The van der Waals surface area contributed by atoms with Gasteiger partial charge in [0.1, 0.15) is 11.5 Å². The molecule has 1 aliphatic carbocycles. The van der Waals surface area contributed by atoms with Crippen LogP contribution in [-0.2, 0) is 9.84 Å². The molecule has 1 heterocycles. The average Bonchev–Trinajstić information content (AvgIpc) is 3.33. The minimum absolute atomic E-state index is 0.251. The van der Waals surface area contributed by atoms with Crippen molar-refractivity contribution in [3.63, 3.8) is 0 Å². The van der Waals surface area contributed by atoms with Gasteiger partial charge in [0.25, 0.3) is 0 Å². The Morgan fingerprint density at radius 3 is 2.52 bits per heavy atom. The smallest absolute Gasteiger partial charge is 0.178 e. The maximum atomic E-state index is 12.5. The third-order valence-corrected chi connectivity index (χ3v) is 6.93. The normalized spacial score (nSPS) is 22.4. The highest BCUT2D eigenvalue weighted by Gasteiger charge is 2.39. The van der Waals surface area contributed by atoms with Crippen LogP contribution >= 0.6 is 15.9 Å². The van der Waals surface area contributed by atoms with E-state index in [0.29, 0.717) is 28.2 Å². The Hall–Kier alpha value is -1.33. The minimum Gasteiger partial charge on any atom is -0.457 e. The van der Waals surface area contributed by atoms with Crippen LogP contribution in [0.4, 0.5) is 0 Å².